The van der Waals surface area contributed by atoms with Crippen LogP contribution in [0.15, 0.2) is 77.0 Å². The first-order valence-corrected chi connectivity index (χ1v) is 9.40. The summed E-state index contributed by atoms with van der Waals surface area (Å²) in [6.07, 6.45) is 1.63. The molecular formula is C19H22O4S. The van der Waals surface area contributed by atoms with Gasteiger partial charge in [0.1, 0.15) is 0 Å². The van der Waals surface area contributed by atoms with Crippen LogP contribution in [0.3, 0.4) is 0 Å². The van der Waals surface area contributed by atoms with Crippen LogP contribution in [0.25, 0.3) is 0 Å². The maximum atomic E-state index is 12.0. The van der Waals surface area contributed by atoms with Crippen molar-refractivity contribution in [3.63, 3.8) is 0 Å². The Morgan fingerprint density at radius 3 is 2.29 bits per heavy atom. The molecule has 1 N–H and O–H groups in total. The van der Waals surface area contributed by atoms with Gasteiger partial charge < -0.3 is 9.84 Å². The maximum Gasteiger partial charge on any atom is 0.199 e. The molecule has 2 aromatic carbocycles. The van der Waals surface area contributed by atoms with Gasteiger partial charge in [-0.05, 0) is 36.6 Å². The molecule has 0 aliphatic rings. The zero-order valence-electron chi connectivity index (χ0n) is 13.4. The first-order chi connectivity index (χ1) is 11.6. The first kappa shape index (κ1) is 18.4. The zero-order valence-corrected chi connectivity index (χ0v) is 14.2. The molecule has 0 spiro atoms. The quantitative estimate of drug-likeness (QED) is 0.708. The second-order valence-corrected chi connectivity index (χ2v) is 7.27. The molecule has 0 aliphatic heterocycles. The Bertz CT molecular complexity index is 724. The highest BCUT2D eigenvalue weighted by Crippen LogP contribution is 2.12. The number of hydrogen-bond donors (Lipinski definition) is 1. The highest BCUT2D eigenvalue weighted by atomic mass is 32.2. The van der Waals surface area contributed by atoms with E-state index < -0.39 is 15.9 Å². The highest BCUT2D eigenvalue weighted by molar-refractivity contribution is 7.94. The molecule has 1 unspecified atom stereocenters. The molecule has 0 saturated heterocycles. The molecule has 0 amide bonds. The molecule has 0 heterocycles. The molecule has 1 atom stereocenters. The Kier molecular flexibility index (Phi) is 7.18. The Morgan fingerprint density at radius 2 is 1.62 bits per heavy atom. The minimum absolute atomic E-state index is 0.222. The van der Waals surface area contributed by atoms with E-state index in [0.717, 1.165) is 11.0 Å². The number of sulfone groups is 1. The summed E-state index contributed by atoms with van der Waals surface area (Å²) >= 11 is 0. The second kappa shape index (κ2) is 9.37. The molecule has 0 bridgehead atoms. The summed E-state index contributed by atoms with van der Waals surface area (Å²) in [4.78, 5) is 0.222. The van der Waals surface area contributed by atoms with Crippen molar-refractivity contribution in [2.24, 2.45) is 0 Å². The van der Waals surface area contributed by atoms with Crippen molar-refractivity contribution in [2.75, 3.05) is 6.61 Å². The van der Waals surface area contributed by atoms with E-state index in [9.17, 15) is 13.5 Å². The van der Waals surface area contributed by atoms with E-state index in [4.69, 9.17) is 4.74 Å². The molecular weight excluding hydrogens is 324 g/mol. The third-order valence-corrected chi connectivity index (χ3v) is 4.90. The van der Waals surface area contributed by atoms with Crippen LogP contribution in [0, 0.1) is 0 Å². The fourth-order valence-electron chi connectivity index (χ4n) is 2.14. The van der Waals surface area contributed by atoms with Crippen LogP contribution in [0.4, 0.5) is 0 Å². The van der Waals surface area contributed by atoms with Crippen molar-refractivity contribution < 1.29 is 18.3 Å². The van der Waals surface area contributed by atoms with Gasteiger partial charge in [0, 0.05) is 12.0 Å². The average Bonchev–Trinajstić information content (AvgIpc) is 2.61. The lowest BCUT2D eigenvalue weighted by molar-refractivity contribution is 0.106. The first-order valence-electron chi connectivity index (χ1n) is 7.86. The van der Waals surface area contributed by atoms with Gasteiger partial charge in [-0.3, -0.25) is 0 Å². The van der Waals surface area contributed by atoms with Gasteiger partial charge in [0.05, 0.1) is 17.6 Å². The fraction of sp³-hybridized carbons (Fsp3) is 0.263. The Morgan fingerprint density at radius 1 is 1.00 bits per heavy atom. The molecule has 0 aliphatic carbocycles. The van der Waals surface area contributed by atoms with E-state index in [0.29, 0.717) is 26.1 Å². The number of rotatable bonds is 9. The predicted molar refractivity (Wildman–Crippen MR) is 94.1 cm³/mol. The lowest BCUT2D eigenvalue weighted by Crippen LogP contribution is -2.06. The third kappa shape index (κ3) is 6.28. The van der Waals surface area contributed by atoms with Crippen LogP contribution in [-0.2, 0) is 21.2 Å². The molecule has 128 valence electrons. The summed E-state index contributed by atoms with van der Waals surface area (Å²) in [5.74, 6) is 0. The third-order valence-electron chi connectivity index (χ3n) is 3.45. The zero-order chi connectivity index (χ0) is 17.3. The molecule has 0 aromatic heterocycles. The van der Waals surface area contributed by atoms with Crippen molar-refractivity contribution in [1.82, 2.24) is 0 Å². The van der Waals surface area contributed by atoms with E-state index in [1.54, 1.807) is 18.2 Å². The van der Waals surface area contributed by atoms with E-state index >= 15 is 0 Å². The molecule has 0 radical (unpaired) electrons. The number of aliphatic hydroxyl groups is 1. The van der Waals surface area contributed by atoms with Gasteiger partial charge in [-0.1, -0.05) is 48.5 Å². The van der Waals surface area contributed by atoms with E-state index in [2.05, 4.69) is 0 Å². The molecule has 5 heteroatoms. The van der Waals surface area contributed by atoms with Gasteiger partial charge in [0.15, 0.2) is 9.84 Å². The van der Waals surface area contributed by atoms with Crippen LogP contribution < -0.4 is 0 Å². The van der Waals surface area contributed by atoms with E-state index in [-0.39, 0.29) is 4.90 Å². The molecule has 0 fully saturated rings. The molecule has 2 aromatic rings. The Hall–Kier alpha value is -1.95. The van der Waals surface area contributed by atoms with Crippen LogP contribution in [0.2, 0.25) is 0 Å². The fourth-order valence-corrected chi connectivity index (χ4v) is 3.22. The van der Waals surface area contributed by atoms with Crippen LogP contribution >= 0.6 is 0 Å². The molecule has 4 nitrogen and oxygen atoms in total. The van der Waals surface area contributed by atoms with Gasteiger partial charge in [-0.2, -0.15) is 0 Å². The van der Waals surface area contributed by atoms with Crippen LogP contribution in [0.5, 0.6) is 0 Å². The number of benzene rings is 2. The van der Waals surface area contributed by atoms with Crippen molar-refractivity contribution in [3.8, 4) is 0 Å². The van der Waals surface area contributed by atoms with Gasteiger partial charge in [-0.25, -0.2) is 8.42 Å². The van der Waals surface area contributed by atoms with E-state index in [1.807, 2.05) is 30.3 Å². The van der Waals surface area contributed by atoms with Gasteiger partial charge in [0.2, 0.25) is 0 Å². The normalized spacial score (nSPS) is 13.2. The summed E-state index contributed by atoms with van der Waals surface area (Å²) in [6, 6.07) is 18.0. The largest absolute Gasteiger partial charge is 0.389 e. The standard InChI is InChI=1S/C19H22O4S/c20-18(10-7-14-23-16-17-8-3-1-4-9-17)13-15-24(21,22)19-11-5-2-6-12-19/h1-6,8-9,11-13,15,18,20H,7,10,14,16H2/b15-13+. The summed E-state index contributed by atoms with van der Waals surface area (Å²) in [7, 11) is -3.50. The number of aliphatic hydroxyl groups excluding tert-OH is 1. The lowest BCUT2D eigenvalue weighted by Gasteiger charge is -2.07. The summed E-state index contributed by atoms with van der Waals surface area (Å²) in [6.45, 7) is 1.06. The summed E-state index contributed by atoms with van der Waals surface area (Å²) < 4.78 is 29.6. The topological polar surface area (TPSA) is 63.6 Å². The van der Waals surface area contributed by atoms with Gasteiger partial charge in [0.25, 0.3) is 0 Å². The summed E-state index contributed by atoms with van der Waals surface area (Å²) in [5.41, 5.74) is 1.10. The van der Waals surface area contributed by atoms with Crippen molar-refractivity contribution in [1.29, 1.82) is 0 Å². The predicted octanol–water partition coefficient (Wildman–Crippen LogP) is 3.33. The SMILES string of the molecule is O=S(=O)(/C=C/C(O)CCCOCc1ccccc1)c1ccccc1. The van der Waals surface area contributed by atoms with Crippen molar-refractivity contribution in [3.05, 3.63) is 77.7 Å². The van der Waals surface area contributed by atoms with E-state index in [1.165, 1.54) is 18.2 Å². The molecule has 24 heavy (non-hydrogen) atoms. The minimum atomic E-state index is -3.50. The van der Waals surface area contributed by atoms with Gasteiger partial charge in [-0.15, -0.1) is 0 Å². The average molecular weight is 346 g/mol. The van der Waals surface area contributed by atoms with Crippen LogP contribution in [-0.4, -0.2) is 26.2 Å². The van der Waals surface area contributed by atoms with Crippen molar-refractivity contribution in [2.45, 2.75) is 30.4 Å². The smallest absolute Gasteiger partial charge is 0.199 e. The van der Waals surface area contributed by atoms with Crippen molar-refractivity contribution >= 4 is 9.84 Å². The summed E-state index contributed by atoms with van der Waals surface area (Å²) in [5, 5.41) is 10.9. The highest BCUT2D eigenvalue weighted by Gasteiger charge is 2.10. The Balaban J connectivity index is 1.70. The lowest BCUT2D eigenvalue weighted by atomic mass is 10.2. The second-order valence-electron chi connectivity index (χ2n) is 5.43. The number of hydrogen-bond acceptors (Lipinski definition) is 4. The van der Waals surface area contributed by atoms with Crippen LogP contribution in [0.1, 0.15) is 18.4 Å². The minimum Gasteiger partial charge on any atom is -0.389 e. The molecule has 2 rings (SSSR count). The number of ether oxygens (including phenoxy) is 1. The monoisotopic (exact) mass is 346 g/mol. The maximum absolute atomic E-state index is 12.0. The Labute approximate surface area is 143 Å². The van der Waals surface area contributed by atoms with Gasteiger partial charge >= 0.3 is 0 Å². The molecule has 0 saturated carbocycles.